The Hall–Kier alpha value is -2.97. The molecule has 1 unspecified atom stereocenters. The number of ether oxygens (including phenoxy) is 6. The van der Waals surface area contributed by atoms with Crippen molar-refractivity contribution in [2.75, 3.05) is 41.8 Å². The summed E-state index contributed by atoms with van der Waals surface area (Å²) in [5, 5.41) is 0. The molecule has 0 N–H and O–H groups in total. The molecule has 2 aromatic carbocycles. The minimum absolute atomic E-state index is 0.148. The lowest BCUT2D eigenvalue weighted by molar-refractivity contribution is -0.114. The van der Waals surface area contributed by atoms with Crippen LogP contribution in [0.4, 0.5) is 0 Å². The van der Waals surface area contributed by atoms with Gasteiger partial charge in [-0.25, -0.2) is 0 Å². The summed E-state index contributed by atoms with van der Waals surface area (Å²) >= 11 is 0. The molecule has 8 heteroatoms. The molecule has 2 aromatic rings. The standard InChI is InChI=1S/C22H25NO7/c1-25-17-8-6-14-15(9-13-5-7-16-18(10-13)30-12-29-16)23(11-19(26-2)27-3)22(24)20(14)21(17)28-4/h5-8,10,15,19H,9,11-12H2,1-4H3. The van der Waals surface area contributed by atoms with E-state index in [1.165, 1.54) is 7.11 Å². The Balaban J connectivity index is 1.74. The van der Waals surface area contributed by atoms with E-state index in [-0.39, 0.29) is 25.3 Å². The smallest absolute Gasteiger partial charge is 0.258 e. The van der Waals surface area contributed by atoms with E-state index < -0.39 is 6.29 Å². The molecular weight excluding hydrogens is 390 g/mol. The van der Waals surface area contributed by atoms with E-state index in [9.17, 15) is 4.79 Å². The third-order valence-corrected chi connectivity index (χ3v) is 5.53. The van der Waals surface area contributed by atoms with Gasteiger partial charge in [-0.15, -0.1) is 0 Å². The number of methoxy groups -OCH3 is 4. The summed E-state index contributed by atoms with van der Waals surface area (Å²) in [6.07, 6.45) is 0.0424. The van der Waals surface area contributed by atoms with Crippen LogP contribution in [0.1, 0.15) is 27.5 Å². The van der Waals surface area contributed by atoms with Crippen LogP contribution in [0.3, 0.4) is 0 Å². The van der Waals surface area contributed by atoms with Gasteiger partial charge in [0, 0.05) is 14.2 Å². The van der Waals surface area contributed by atoms with Gasteiger partial charge in [0.15, 0.2) is 29.3 Å². The highest BCUT2D eigenvalue weighted by atomic mass is 16.7. The van der Waals surface area contributed by atoms with E-state index in [1.807, 2.05) is 30.3 Å². The van der Waals surface area contributed by atoms with Crippen LogP contribution in [0.2, 0.25) is 0 Å². The number of rotatable bonds is 8. The molecule has 30 heavy (non-hydrogen) atoms. The zero-order valence-electron chi connectivity index (χ0n) is 17.5. The van der Waals surface area contributed by atoms with Crippen LogP contribution in [0, 0.1) is 0 Å². The first kappa shape index (κ1) is 20.3. The van der Waals surface area contributed by atoms with Crippen molar-refractivity contribution in [3.05, 3.63) is 47.0 Å². The molecule has 4 rings (SSSR count). The molecule has 2 aliphatic heterocycles. The fraction of sp³-hybridized carbons (Fsp3) is 0.409. The Morgan fingerprint density at radius 2 is 1.80 bits per heavy atom. The molecular formula is C22H25NO7. The molecule has 0 aromatic heterocycles. The second-order valence-corrected chi connectivity index (χ2v) is 7.03. The first-order valence-electron chi connectivity index (χ1n) is 9.61. The largest absolute Gasteiger partial charge is 0.493 e. The van der Waals surface area contributed by atoms with Crippen molar-refractivity contribution in [2.24, 2.45) is 0 Å². The molecule has 0 radical (unpaired) electrons. The maximum atomic E-state index is 13.4. The molecule has 0 saturated heterocycles. The number of amides is 1. The summed E-state index contributed by atoms with van der Waals surface area (Å²) in [5.74, 6) is 2.24. The van der Waals surface area contributed by atoms with Gasteiger partial charge in [-0.1, -0.05) is 12.1 Å². The van der Waals surface area contributed by atoms with Crippen LogP contribution in [-0.2, 0) is 15.9 Å². The molecule has 160 valence electrons. The first-order chi connectivity index (χ1) is 14.6. The highest BCUT2D eigenvalue weighted by molar-refractivity contribution is 6.02. The van der Waals surface area contributed by atoms with Crippen molar-refractivity contribution in [2.45, 2.75) is 18.8 Å². The van der Waals surface area contributed by atoms with Crippen molar-refractivity contribution in [3.8, 4) is 23.0 Å². The zero-order valence-corrected chi connectivity index (χ0v) is 17.5. The zero-order chi connectivity index (χ0) is 21.3. The maximum Gasteiger partial charge on any atom is 0.258 e. The molecule has 2 aliphatic rings. The number of hydrogen-bond donors (Lipinski definition) is 0. The Bertz CT molecular complexity index is 941. The van der Waals surface area contributed by atoms with E-state index in [2.05, 4.69) is 0 Å². The monoisotopic (exact) mass is 415 g/mol. The van der Waals surface area contributed by atoms with E-state index >= 15 is 0 Å². The minimum Gasteiger partial charge on any atom is -0.493 e. The summed E-state index contributed by atoms with van der Waals surface area (Å²) < 4.78 is 32.6. The molecule has 0 saturated carbocycles. The van der Waals surface area contributed by atoms with Crippen LogP contribution in [0.5, 0.6) is 23.0 Å². The van der Waals surface area contributed by atoms with Gasteiger partial charge in [-0.05, 0) is 35.7 Å². The number of benzene rings is 2. The van der Waals surface area contributed by atoms with Crippen LogP contribution in [0.15, 0.2) is 30.3 Å². The molecule has 0 fully saturated rings. The highest BCUT2D eigenvalue weighted by Crippen LogP contribution is 2.45. The van der Waals surface area contributed by atoms with Crippen molar-refractivity contribution in [1.82, 2.24) is 4.90 Å². The molecule has 2 heterocycles. The molecule has 1 atom stereocenters. The Kier molecular flexibility index (Phi) is 5.69. The summed E-state index contributed by atoms with van der Waals surface area (Å²) in [6, 6.07) is 9.35. The molecule has 1 amide bonds. The topological polar surface area (TPSA) is 75.7 Å². The van der Waals surface area contributed by atoms with Crippen LogP contribution >= 0.6 is 0 Å². The predicted molar refractivity (Wildman–Crippen MR) is 107 cm³/mol. The minimum atomic E-state index is -0.546. The maximum absolute atomic E-state index is 13.4. The predicted octanol–water partition coefficient (Wildman–Crippen LogP) is 2.79. The normalized spacial score (nSPS) is 16.9. The lowest BCUT2D eigenvalue weighted by atomic mass is 9.97. The third kappa shape index (κ3) is 3.42. The van der Waals surface area contributed by atoms with Crippen molar-refractivity contribution >= 4 is 5.91 Å². The summed E-state index contributed by atoms with van der Waals surface area (Å²) in [5.41, 5.74) is 2.41. The Morgan fingerprint density at radius 3 is 2.50 bits per heavy atom. The average molecular weight is 415 g/mol. The Labute approximate surface area is 175 Å². The van der Waals surface area contributed by atoms with Crippen molar-refractivity contribution in [1.29, 1.82) is 0 Å². The number of carbonyl (C=O) groups excluding carboxylic acids is 1. The summed E-state index contributed by atoms with van der Waals surface area (Å²) in [7, 11) is 6.20. The highest BCUT2D eigenvalue weighted by Gasteiger charge is 2.41. The fourth-order valence-electron chi connectivity index (χ4n) is 4.02. The number of nitrogens with zero attached hydrogens (tertiary/aromatic N) is 1. The second kappa shape index (κ2) is 8.41. The van der Waals surface area contributed by atoms with Crippen LogP contribution in [0.25, 0.3) is 0 Å². The van der Waals surface area contributed by atoms with E-state index in [1.54, 1.807) is 26.2 Å². The summed E-state index contributed by atoms with van der Waals surface area (Å²) in [4.78, 5) is 15.2. The fourth-order valence-corrected chi connectivity index (χ4v) is 4.02. The molecule has 0 spiro atoms. The van der Waals surface area contributed by atoms with Gasteiger partial charge in [0.25, 0.3) is 5.91 Å². The molecule has 0 aliphatic carbocycles. The van der Waals surface area contributed by atoms with E-state index in [0.29, 0.717) is 29.2 Å². The van der Waals surface area contributed by atoms with Gasteiger partial charge < -0.3 is 33.3 Å². The lowest BCUT2D eigenvalue weighted by Gasteiger charge is -2.28. The van der Waals surface area contributed by atoms with Crippen molar-refractivity contribution in [3.63, 3.8) is 0 Å². The van der Waals surface area contributed by atoms with Crippen molar-refractivity contribution < 1.29 is 33.2 Å². The van der Waals surface area contributed by atoms with Crippen LogP contribution < -0.4 is 18.9 Å². The van der Waals surface area contributed by atoms with E-state index in [4.69, 9.17) is 28.4 Å². The van der Waals surface area contributed by atoms with Crippen LogP contribution in [-0.4, -0.2) is 58.9 Å². The SMILES string of the molecule is COc1ccc2c(c1OC)C(=O)N(CC(OC)OC)C2Cc1ccc2c(c1)OCO2. The number of carbonyl (C=O) groups is 1. The Morgan fingerprint density at radius 1 is 1.03 bits per heavy atom. The van der Waals surface area contributed by atoms with Gasteiger partial charge >= 0.3 is 0 Å². The first-order valence-corrected chi connectivity index (χ1v) is 9.61. The van der Waals surface area contributed by atoms with Gasteiger partial charge in [-0.2, -0.15) is 0 Å². The average Bonchev–Trinajstić information content (AvgIpc) is 3.34. The van der Waals surface area contributed by atoms with E-state index in [0.717, 1.165) is 16.9 Å². The van der Waals surface area contributed by atoms with Gasteiger partial charge in [0.2, 0.25) is 6.79 Å². The van der Waals surface area contributed by atoms with Gasteiger partial charge in [0.05, 0.1) is 32.4 Å². The van der Waals surface area contributed by atoms with Gasteiger partial charge in [-0.3, -0.25) is 4.79 Å². The number of fused-ring (bicyclic) bond motifs is 2. The number of hydrogen-bond acceptors (Lipinski definition) is 7. The summed E-state index contributed by atoms with van der Waals surface area (Å²) in [6.45, 7) is 0.497. The third-order valence-electron chi connectivity index (χ3n) is 5.53. The molecule has 0 bridgehead atoms. The molecule has 8 nitrogen and oxygen atoms in total. The van der Waals surface area contributed by atoms with Gasteiger partial charge in [0.1, 0.15) is 0 Å². The lowest BCUT2D eigenvalue weighted by Crippen LogP contribution is -2.38. The quantitative estimate of drug-likeness (QED) is 0.614. The second-order valence-electron chi connectivity index (χ2n) is 7.03.